The van der Waals surface area contributed by atoms with Gasteiger partial charge in [0, 0.05) is 10.7 Å². The lowest BCUT2D eigenvalue weighted by atomic mass is 10.2. The van der Waals surface area contributed by atoms with Crippen LogP contribution in [-0.2, 0) is 17.9 Å². The van der Waals surface area contributed by atoms with Crippen molar-refractivity contribution in [3.8, 4) is 5.75 Å². The summed E-state index contributed by atoms with van der Waals surface area (Å²) in [5.41, 5.74) is 1.78. The zero-order chi connectivity index (χ0) is 18.5. The average Bonchev–Trinajstić information content (AvgIpc) is 2.96. The molecule has 1 N–H and O–H groups in total. The fraction of sp³-hybridized carbons (Fsp3) is 0.167. The number of ether oxygens (including phenoxy) is 1. The van der Waals surface area contributed by atoms with E-state index in [4.69, 9.17) is 33.0 Å². The van der Waals surface area contributed by atoms with Crippen LogP contribution in [0.3, 0.4) is 0 Å². The Kier molecular flexibility index (Phi) is 5.70. The van der Waals surface area contributed by atoms with Crippen LogP contribution >= 0.6 is 23.8 Å². The third-order valence-electron chi connectivity index (χ3n) is 3.45. The van der Waals surface area contributed by atoms with Crippen LogP contribution in [0.25, 0.3) is 0 Å². The van der Waals surface area contributed by atoms with Gasteiger partial charge in [-0.25, -0.2) is 4.68 Å². The minimum absolute atomic E-state index is 0.0600. The average molecular weight is 390 g/mol. The standard InChI is InChI=1S/C18H16ClN3O3S/c1-12-2-8-15(9-3-12)24-11-17-21-22(18(26)25-17)10-16(23)20-14-6-4-13(19)5-7-14/h2-9H,10-11H2,1H3,(H,20,23). The van der Waals surface area contributed by atoms with Crippen LogP contribution in [0, 0.1) is 11.8 Å². The summed E-state index contributed by atoms with van der Waals surface area (Å²) in [6.07, 6.45) is 0. The van der Waals surface area contributed by atoms with Crippen LogP contribution in [0.4, 0.5) is 5.69 Å². The van der Waals surface area contributed by atoms with Crippen molar-refractivity contribution in [3.05, 3.63) is 69.8 Å². The van der Waals surface area contributed by atoms with Crippen molar-refractivity contribution in [2.75, 3.05) is 5.32 Å². The molecule has 3 aromatic rings. The molecule has 0 radical (unpaired) electrons. The molecule has 1 amide bonds. The zero-order valence-corrected chi connectivity index (χ0v) is 15.5. The molecule has 3 rings (SSSR count). The van der Waals surface area contributed by atoms with Gasteiger partial charge in [-0.2, -0.15) is 0 Å². The molecular weight excluding hydrogens is 374 g/mol. The van der Waals surface area contributed by atoms with Crippen molar-refractivity contribution >= 4 is 35.4 Å². The molecule has 0 atom stereocenters. The molecule has 8 heteroatoms. The molecule has 1 heterocycles. The molecule has 2 aromatic carbocycles. The molecule has 0 aliphatic rings. The first-order valence-electron chi connectivity index (χ1n) is 7.81. The molecule has 134 valence electrons. The Balaban J connectivity index is 1.58. The van der Waals surface area contributed by atoms with E-state index < -0.39 is 0 Å². The van der Waals surface area contributed by atoms with Crippen molar-refractivity contribution in [2.24, 2.45) is 0 Å². The number of amides is 1. The molecule has 0 aliphatic heterocycles. The van der Waals surface area contributed by atoms with Crippen LogP contribution in [0.2, 0.25) is 5.02 Å². The molecule has 0 aliphatic carbocycles. The van der Waals surface area contributed by atoms with E-state index in [1.54, 1.807) is 24.3 Å². The first-order chi connectivity index (χ1) is 12.5. The Morgan fingerprint density at radius 1 is 1.23 bits per heavy atom. The number of hydrogen-bond donors (Lipinski definition) is 1. The first kappa shape index (κ1) is 18.2. The lowest BCUT2D eigenvalue weighted by Crippen LogP contribution is -2.19. The number of aryl methyl sites for hydroxylation is 1. The van der Waals surface area contributed by atoms with Crippen LogP contribution in [0.5, 0.6) is 5.75 Å². The normalized spacial score (nSPS) is 10.5. The lowest BCUT2D eigenvalue weighted by molar-refractivity contribution is -0.117. The fourth-order valence-corrected chi connectivity index (χ4v) is 2.48. The van der Waals surface area contributed by atoms with Gasteiger partial charge in [0.25, 0.3) is 10.7 Å². The van der Waals surface area contributed by atoms with Gasteiger partial charge in [0.15, 0.2) is 6.61 Å². The number of aromatic nitrogens is 2. The number of nitrogens with one attached hydrogen (secondary N) is 1. The Morgan fingerprint density at radius 3 is 2.62 bits per heavy atom. The van der Waals surface area contributed by atoms with Gasteiger partial charge in [-0.1, -0.05) is 29.3 Å². The first-order valence-corrected chi connectivity index (χ1v) is 8.60. The van der Waals surface area contributed by atoms with Crippen LogP contribution in [0.15, 0.2) is 52.9 Å². The molecule has 0 spiro atoms. The zero-order valence-electron chi connectivity index (χ0n) is 13.9. The second-order valence-corrected chi connectivity index (χ2v) is 6.36. The monoisotopic (exact) mass is 389 g/mol. The predicted octanol–water partition coefficient (Wildman–Crippen LogP) is 4.39. The molecule has 0 bridgehead atoms. The summed E-state index contributed by atoms with van der Waals surface area (Å²) in [5, 5.41) is 7.51. The number of carbonyl (C=O) groups is 1. The Morgan fingerprint density at radius 2 is 1.92 bits per heavy atom. The summed E-state index contributed by atoms with van der Waals surface area (Å²) in [5.74, 6) is 0.726. The molecule has 26 heavy (non-hydrogen) atoms. The highest BCUT2D eigenvalue weighted by Crippen LogP contribution is 2.15. The minimum atomic E-state index is -0.275. The summed E-state index contributed by atoms with van der Waals surface area (Å²) in [7, 11) is 0. The molecule has 0 saturated heterocycles. The quantitative estimate of drug-likeness (QED) is 0.633. The Bertz CT molecular complexity index is 949. The molecule has 0 unspecified atom stereocenters. The number of carbonyl (C=O) groups excluding carboxylic acids is 1. The van der Waals surface area contributed by atoms with Crippen LogP contribution in [0.1, 0.15) is 11.5 Å². The van der Waals surface area contributed by atoms with Crippen molar-refractivity contribution in [1.82, 2.24) is 9.78 Å². The van der Waals surface area contributed by atoms with Gasteiger partial charge in [-0.3, -0.25) is 4.79 Å². The molecule has 6 nitrogen and oxygen atoms in total. The lowest BCUT2D eigenvalue weighted by Gasteiger charge is -2.04. The van der Waals surface area contributed by atoms with Gasteiger partial charge >= 0.3 is 0 Å². The Labute approximate surface area is 160 Å². The van der Waals surface area contributed by atoms with E-state index in [-0.39, 0.29) is 23.9 Å². The van der Waals surface area contributed by atoms with E-state index in [1.165, 1.54) is 4.68 Å². The van der Waals surface area contributed by atoms with Crippen LogP contribution in [-0.4, -0.2) is 15.7 Å². The van der Waals surface area contributed by atoms with Crippen LogP contribution < -0.4 is 10.1 Å². The van der Waals surface area contributed by atoms with E-state index in [0.29, 0.717) is 22.4 Å². The van der Waals surface area contributed by atoms with Crippen molar-refractivity contribution < 1.29 is 13.9 Å². The van der Waals surface area contributed by atoms with E-state index in [0.717, 1.165) is 5.56 Å². The predicted molar refractivity (Wildman–Crippen MR) is 101 cm³/mol. The van der Waals surface area contributed by atoms with Gasteiger partial charge in [-0.05, 0) is 55.5 Å². The van der Waals surface area contributed by atoms with Gasteiger partial charge in [0.05, 0.1) is 0 Å². The smallest absolute Gasteiger partial charge is 0.287 e. The second-order valence-electron chi connectivity index (χ2n) is 5.58. The summed E-state index contributed by atoms with van der Waals surface area (Å²) in [4.78, 5) is 12.2. The maximum absolute atomic E-state index is 12.1. The number of anilines is 1. The summed E-state index contributed by atoms with van der Waals surface area (Å²) < 4.78 is 12.3. The number of rotatable bonds is 6. The number of benzene rings is 2. The number of hydrogen-bond acceptors (Lipinski definition) is 5. The van der Waals surface area contributed by atoms with Crippen molar-refractivity contribution in [2.45, 2.75) is 20.1 Å². The number of halogens is 1. The maximum atomic E-state index is 12.1. The summed E-state index contributed by atoms with van der Waals surface area (Å²) in [6.45, 7) is 2.06. The third kappa shape index (κ3) is 4.93. The molecule has 0 fully saturated rings. The summed E-state index contributed by atoms with van der Waals surface area (Å²) in [6, 6.07) is 14.4. The van der Waals surface area contributed by atoms with Crippen molar-refractivity contribution in [3.63, 3.8) is 0 Å². The number of nitrogens with zero attached hydrogens (tertiary/aromatic N) is 2. The Hall–Kier alpha value is -2.64. The van der Waals surface area contributed by atoms with Crippen molar-refractivity contribution in [1.29, 1.82) is 0 Å². The summed E-state index contributed by atoms with van der Waals surface area (Å²) >= 11 is 10.9. The maximum Gasteiger partial charge on any atom is 0.287 e. The largest absolute Gasteiger partial charge is 0.484 e. The fourth-order valence-electron chi connectivity index (χ4n) is 2.16. The van der Waals surface area contributed by atoms with Gasteiger partial charge in [0.2, 0.25) is 5.91 Å². The third-order valence-corrected chi connectivity index (χ3v) is 4.00. The molecule has 0 saturated carbocycles. The molecular formula is C18H16ClN3O3S. The van der Waals surface area contributed by atoms with Gasteiger partial charge < -0.3 is 14.5 Å². The van der Waals surface area contributed by atoms with E-state index in [1.807, 2.05) is 31.2 Å². The van der Waals surface area contributed by atoms with E-state index >= 15 is 0 Å². The highest BCUT2D eigenvalue weighted by atomic mass is 35.5. The van der Waals surface area contributed by atoms with E-state index in [2.05, 4.69) is 10.4 Å². The molecule has 1 aromatic heterocycles. The minimum Gasteiger partial charge on any atom is -0.484 e. The second kappa shape index (κ2) is 8.16. The SMILES string of the molecule is Cc1ccc(OCc2nn(CC(=O)Nc3ccc(Cl)cc3)c(=S)o2)cc1. The highest BCUT2D eigenvalue weighted by molar-refractivity contribution is 7.71. The highest BCUT2D eigenvalue weighted by Gasteiger charge is 2.11. The van der Waals surface area contributed by atoms with Gasteiger partial charge in [-0.15, -0.1) is 5.10 Å². The van der Waals surface area contributed by atoms with Gasteiger partial charge in [0.1, 0.15) is 12.3 Å². The van der Waals surface area contributed by atoms with E-state index in [9.17, 15) is 4.79 Å². The topological polar surface area (TPSA) is 69.3 Å².